The van der Waals surface area contributed by atoms with Crippen LogP contribution in [0, 0.1) is 0 Å². The zero-order valence-electron chi connectivity index (χ0n) is 11.5. The van der Waals surface area contributed by atoms with Gasteiger partial charge in [-0.25, -0.2) is 0 Å². The first-order valence-electron chi connectivity index (χ1n) is 7.04. The van der Waals surface area contributed by atoms with E-state index in [1.54, 1.807) is 12.3 Å². The molecule has 4 nitrogen and oxygen atoms in total. The minimum atomic E-state index is 0.325. The molecule has 1 aromatic heterocycles. The number of aldehydes is 1. The van der Waals surface area contributed by atoms with Crippen LogP contribution in [-0.2, 0) is 0 Å². The lowest BCUT2D eigenvalue weighted by molar-refractivity contribution is 0.111. The van der Waals surface area contributed by atoms with Crippen LogP contribution in [0.2, 0.25) is 0 Å². The Balaban J connectivity index is 0.000000163. The Morgan fingerprint density at radius 3 is 2.58 bits per heavy atom. The van der Waals surface area contributed by atoms with Gasteiger partial charge in [-0.2, -0.15) is 0 Å². The van der Waals surface area contributed by atoms with Crippen molar-refractivity contribution in [2.75, 3.05) is 20.1 Å². The molecule has 3 rings (SSSR count). The van der Waals surface area contributed by atoms with E-state index in [2.05, 4.69) is 16.9 Å². The van der Waals surface area contributed by atoms with E-state index in [1.807, 2.05) is 0 Å². The molecular formula is C15H22N2O2. The molecule has 4 heteroatoms. The topological polar surface area (TPSA) is 42.4 Å². The molecule has 104 valence electrons. The molecule has 1 aromatic rings. The molecular weight excluding hydrogens is 240 g/mol. The highest BCUT2D eigenvalue weighted by Crippen LogP contribution is 2.27. The molecule has 1 aliphatic heterocycles. The van der Waals surface area contributed by atoms with Gasteiger partial charge in [0.05, 0.1) is 11.7 Å². The summed E-state index contributed by atoms with van der Waals surface area (Å²) in [6.07, 6.45) is 10.7. The number of carbonyl (C=O) groups excluding carboxylic acids is 1. The first-order chi connectivity index (χ1) is 9.29. The van der Waals surface area contributed by atoms with Gasteiger partial charge in [0.15, 0.2) is 6.29 Å². The third-order valence-electron chi connectivity index (χ3n) is 3.33. The highest BCUT2D eigenvalue weighted by Gasteiger charge is 2.24. The minimum Gasteiger partial charge on any atom is -0.490 e. The van der Waals surface area contributed by atoms with Crippen molar-refractivity contribution in [2.45, 2.75) is 38.2 Å². The van der Waals surface area contributed by atoms with E-state index >= 15 is 0 Å². The van der Waals surface area contributed by atoms with Crippen molar-refractivity contribution in [1.29, 1.82) is 0 Å². The van der Waals surface area contributed by atoms with E-state index in [1.165, 1.54) is 38.5 Å². The van der Waals surface area contributed by atoms with Crippen molar-refractivity contribution in [3.63, 3.8) is 0 Å². The van der Waals surface area contributed by atoms with Crippen molar-refractivity contribution >= 4 is 6.29 Å². The monoisotopic (exact) mass is 262 g/mol. The summed E-state index contributed by atoms with van der Waals surface area (Å²) in [7, 11) is 2.19. The SMILES string of the molecule is CN1CCCCC1.O=Cc1cnccc1OC1CC1. The van der Waals surface area contributed by atoms with Gasteiger partial charge in [0.1, 0.15) is 5.75 Å². The van der Waals surface area contributed by atoms with Gasteiger partial charge in [0.2, 0.25) is 0 Å². The fourth-order valence-corrected chi connectivity index (χ4v) is 2.01. The standard InChI is InChI=1S/C9H9NO2.C6H13N/c11-6-7-5-10-4-3-9(7)12-8-1-2-8;1-7-5-3-2-4-6-7/h3-6,8H,1-2H2;2-6H2,1H3. The van der Waals surface area contributed by atoms with Gasteiger partial charge >= 0.3 is 0 Å². The summed E-state index contributed by atoms with van der Waals surface area (Å²) in [6, 6.07) is 1.72. The average molecular weight is 262 g/mol. The van der Waals surface area contributed by atoms with Crippen molar-refractivity contribution < 1.29 is 9.53 Å². The minimum absolute atomic E-state index is 0.325. The van der Waals surface area contributed by atoms with E-state index in [0.29, 0.717) is 17.4 Å². The molecule has 2 heterocycles. The molecule has 0 amide bonds. The second-order valence-electron chi connectivity index (χ2n) is 5.21. The van der Waals surface area contributed by atoms with Crippen LogP contribution in [0.15, 0.2) is 18.5 Å². The summed E-state index contributed by atoms with van der Waals surface area (Å²) in [5.74, 6) is 0.655. The molecule has 0 atom stereocenters. The highest BCUT2D eigenvalue weighted by atomic mass is 16.5. The zero-order valence-corrected chi connectivity index (χ0v) is 11.5. The third-order valence-corrected chi connectivity index (χ3v) is 3.33. The van der Waals surface area contributed by atoms with Crippen LogP contribution in [0.3, 0.4) is 0 Å². The second kappa shape index (κ2) is 7.24. The normalized spacial score (nSPS) is 19.2. The fourth-order valence-electron chi connectivity index (χ4n) is 2.01. The average Bonchev–Trinajstić information content (AvgIpc) is 3.25. The van der Waals surface area contributed by atoms with E-state index < -0.39 is 0 Å². The van der Waals surface area contributed by atoms with Crippen molar-refractivity contribution in [3.8, 4) is 5.75 Å². The van der Waals surface area contributed by atoms with Gasteiger partial charge in [-0.15, -0.1) is 0 Å². The number of hydrogen-bond donors (Lipinski definition) is 0. The quantitative estimate of drug-likeness (QED) is 0.785. The Morgan fingerprint density at radius 2 is 2.05 bits per heavy atom. The lowest BCUT2D eigenvalue weighted by Crippen LogP contribution is -2.24. The molecule has 1 saturated heterocycles. The maximum absolute atomic E-state index is 10.5. The molecule has 0 bridgehead atoms. The summed E-state index contributed by atoms with van der Waals surface area (Å²) in [5, 5.41) is 0. The third kappa shape index (κ3) is 4.99. The van der Waals surface area contributed by atoms with Crippen molar-refractivity contribution in [1.82, 2.24) is 9.88 Å². The summed E-state index contributed by atoms with van der Waals surface area (Å²) in [5.41, 5.74) is 0.532. The maximum atomic E-state index is 10.5. The van der Waals surface area contributed by atoms with E-state index in [0.717, 1.165) is 19.1 Å². The Morgan fingerprint density at radius 1 is 1.32 bits per heavy atom. The second-order valence-corrected chi connectivity index (χ2v) is 5.21. The Labute approximate surface area is 114 Å². The molecule has 0 N–H and O–H groups in total. The molecule has 0 spiro atoms. The lowest BCUT2D eigenvalue weighted by Gasteiger charge is -2.20. The van der Waals surface area contributed by atoms with Gasteiger partial charge in [0.25, 0.3) is 0 Å². The number of pyridine rings is 1. The predicted octanol–water partition coefficient (Wildman–Crippen LogP) is 2.54. The number of ether oxygens (including phenoxy) is 1. The number of nitrogens with zero attached hydrogens (tertiary/aromatic N) is 2. The van der Waals surface area contributed by atoms with Gasteiger partial charge in [-0.1, -0.05) is 6.42 Å². The summed E-state index contributed by atoms with van der Waals surface area (Å²) < 4.78 is 5.48. The number of likely N-dealkylation sites (tertiary alicyclic amines) is 1. The number of hydrogen-bond acceptors (Lipinski definition) is 4. The summed E-state index contributed by atoms with van der Waals surface area (Å²) in [4.78, 5) is 16.7. The molecule has 2 fully saturated rings. The van der Waals surface area contributed by atoms with Crippen LogP contribution >= 0.6 is 0 Å². The van der Waals surface area contributed by atoms with Crippen LogP contribution in [0.1, 0.15) is 42.5 Å². The van der Waals surface area contributed by atoms with Gasteiger partial charge in [0, 0.05) is 12.4 Å². The van der Waals surface area contributed by atoms with Crippen LogP contribution in [-0.4, -0.2) is 42.4 Å². The van der Waals surface area contributed by atoms with Crippen LogP contribution < -0.4 is 4.74 Å². The Bertz CT molecular complexity index is 399. The zero-order chi connectivity index (χ0) is 13.5. The lowest BCUT2D eigenvalue weighted by atomic mass is 10.1. The number of piperidine rings is 1. The van der Waals surface area contributed by atoms with Crippen LogP contribution in [0.4, 0.5) is 0 Å². The number of carbonyl (C=O) groups is 1. The highest BCUT2D eigenvalue weighted by molar-refractivity contribution is 5.78. The van der Waals surface area contributed by atoms with Crippen LogP contribution in [0.25, 0.3) is 0 Å². The fraction of sp³-hybridized carbons (Fsp3) is 0.600. The Hall–Kier alpha value is -1.42. The van der Waals surface area contributed by atoms with Crippen molar-refractivity contribution in [2.24, 2.45) is 0 Å². The molecule has 0 unspecified atom stereocenters. The van der Waals surface area contributed by atoms with Gasteiger partial charge < -0.3 is 9.64 Å². The first kappa shape index (κ1) is 14.0. The van der Waals surface area contributed by atoms with Crippen molar-refractivity contribution in [3.05, 3.63) is 24.0 Å². The molecule has 1 saturated carbocycles. The molecule has 1 aliphatic carbocycles. The first-order valence-corrected chi connectivity index (χ1v) is 7.04. The number of rotatable bonds is 3. The van der Waals surface area contributed by atoms with Crippen LogP contribution in [0.5, 0.6) is 5.75 Å². The summed E-state index contributed by atoms with van der Waals surface area (Å²) >= 11 is 0. The molecule has 0 aromatic carbocycles. The van der Waals surface area contributed by atoms with Gasteiger partial charge in [-0.3, -0.25) is 9.78 Å². The maximum Gasteiger partial charge on any atom is 0.155 e. The van der Waals surface area contributed by atoms with E-state index in [9.17, 15) is 4.79 Å². The molecule has 0 radical (unpaired) electrons. The largest absolute Gasteiger partial charge is 0.490 e. The number of aromatic nitrogens is 1. The summed E-state index contributed by atoms with van der Waals surface area (Å²) in [6.45, 7) is 2.64. The smallest absolute Gasteiger partial charge is 0.155 e. The van der Waals surface area contributed by atoms with E-state index in [4.69, 9.17) is 4.74 Å². The predicted molar refractivity (Wildman–Crippen MR) is 74.6 cm³/mol. The molecule has 19 heavy (non-hydrogen) atoms. The Kier molecular flexibility index (Phi) is 5.33. The van der Waals surface area contributed by atoms with Gasteiger partial charge in [-0.05, 0) is 51.9 Å². The van der Waals surface area contributed by atoms with E-state index in [-0.39, 0.29) is 0 Å². The molecule has 2 aliphatic rings.